The van der Waals surface area contributed by atoms with Gasteiger partial charge in [-0.25, -0.2) is 14.3 Å². The van der Waals surface area contributed by atoms with Crippen molar-refractivity contribution in [2.45, 2.75) is 85.3 Å². The van der Waals surface area contributed by atoms with E-state index in [-0.39, 0.29) is 147 Å². The molecule has 1 aromatic heterocycles. The van der Waals surface area contributed by atoms with E-state index in [0.717, 1.165) is 24.3 Å². The average Bonchev–Trinajstić information content (AvgIpc) is 1.68. The number of nitrogens with one attached hydrogen (secondary N) is 5. The van der Waals surface area contributed by atoms with Gasteiger partial charge in [-0.3, -0.25) is 74.0 Å². The van der Waals surface area contributed by atoms with Gasteiger partial charge in [-0.05, 0) is 112 Å². The second-order valence-electron chi connectivity index (χ2n) is 25.5. The van der Waals surface area contributed by atoms with E-state index >= 15 is 0 Å². The Balaban J connectivity index is 0.000000424. The van der Waals surface area contributed by atoms with Crippen LogP contribution in [0.15, 0.2) is 138 Å². The zero-order valence-electron chi connectivity index (χ0n) is 72.1. The SMILES string of the molecule is C#CCNC(=O)COc1cc([N+](=O)[O-])c(C(C)O)cc1OC.C#CCNC(=O)COc1cc([N+](=O)[O-])c(C(C)OC(=O)CC)cc1OC.CCC(=O)OC(C)c1cc(OC)c(OCC(=O)NCc2cn(-c3ccc(C(=O)NC)cc3)nn2)cc1[N+](=O)[O-].CNC(=O)c1ccc(N=[N+]=[N-])cc1.COc1cc(C(C)O)c([N+](=O)[O-])cc1OCC(=O)O.[N-]=[N+]=Nc1ccc(C(=O)O)cc1. The molecule has 8 aromatic rings. The highest BCUT2D eigenvalue weighted by molar-refractivity contribution is 5.95. The standard InChI is InChI=1S/C25H28N6O8.C17H20N2O7.C14H16N2O6.C11H13NO7.C8H8N4O.C7H5N3O2/c1-5-24(33)39-15(2)19-10-21(37-4)22(11-20(19)31(35)36)38-14-23(32)27-12-17-13-30(29-28-17)18-8-6-16(7-9-18)25(34)26-3;1-5-7-18-16(20)10-25-15-9-13(19(22)23)12(8-14(15)24-4)11(3)26-17(21)6-2;1-4-5-15-14(18)8-22-13-7-11(16(19)20)10(9(2)17)6-12(13)21-3;1-6(13)7-3-9(18-2)10(19-5-11(14)15)4-8(7)12(16)17;1-10-8(13)6-2-4-7(5-3-6)11-12-9;8-10-9-6-3-1-5(2-4-6)7(11)12/h6-11,13,15H,5,12,14H2,1-4H3,(H,26,34)(H,27,32);1,8-9,11H,6-7,10H2,2-4H3,(H,18,20);1,6-7,9,17H,5,8H2,2-3H3,(H,15,18);3-4,6,13H,5H2,1-2H3,(H,14,15);2-5H,1H3,(H,10,13);1-4H,(H,11,12). The number of esters is 2. The number of carboxylic acid groups (broad SMARTS) is 2. The van der Waals surface area contributed by atoms with E-state index in [1.165, 1.54) is 109 Å². The quantitative estimate of drug-likeness (QED) is 0.00330. The van der Waals surface area contributed by atoms with Crippen LogP contribution < -0.4 is 64.5 Å². The van der Waals surface area contributed by atoms with E-state index in [4.69, 9.17) is 81.5 Å². The van der Waals surface area contributed by atoms with Crippen LogP contribution in [0.2, 0.25) is 0 Å². The van der Waals surface area contributed by atoms with Crippen LogP contribution in [-0.2, 0) is 44.8 Å². The van der Waals surface area contributed by atoms with Crippen molar-refractivity contribution < 1.29 is 131 Å². The minimum absolute atomic E-state index is 0.00725. The topological polar surface area (TPSA) is 688 Å². The number of carboxylic acids is 2. The van der Waals surface area contributed by atoms with Crippen molar-refractivity contribution in [3.8, 4) is 76.4 Å². The monoisotopic (exact) mass is 1820 g/mol. The van der Waals surface area contributed by atoms with Gasteiger partial charge in [-0.1, -0.05) is 65.4 Å². The van der Waals surface area contributed by atoms with Crippen molar-refractivity contribution >= 4 is 87.5 Å². The van der Waals surface area contributed by atoms with Crippen LogP contribution in [0.25, 0.3) is 26.6 Å². The Morgan fingerprint density at radius 3 is 1.08 bits per heavy atom. The van der Waals surface area contributed by atoms with Crippen LogP contribution in [0, 0.1) is 65.1 Å². The molecule has 7 aromatic carbocycles. The molecule has 0 bridgehead atoms. The predicted octanol–water partition coefficient (Wildman–Crippen LogP) is 10.2. The summed E-state index contributed by atoms with van der Waals surface area (Å²) in [7, 11) is 8.45. The van der Waals surface area contributed by atoms with Gasteiger partial charge >= 0.3 is 23.9 Å². The number of hydrogen-bond donors (Lipinski definition) is 9. The zero-order valence-corrected chi connectivity index (χ0v) is 72.1. The summed E-state index contributed by atoms with van der Waals surface area (Å²) < 4.78 is 53.2. The number of benzene rings is 7. The van der Waals surface area contributed by atoms with Crippen LogP contribution in [0.1, 0.15) is 138 Å². The van der Waals surface area contributed by atoms with Gasteiger partial charge in [0.2, 0.25) is 0 Å². The summed E-state index contributed by atoms with van der Waals surface area (Å²) in [5, 5.41) is 108. The van der Waals surface area contributed by atoms with Crippen molar-refractivity contribution in [2.75, 3.05) is 82.1 Å². The lowest BCUT2D eigenvalue weighted by atomic mass is 10.1. The van der Waals surface area contributed by atoms with Gasteiger partial charge in [0.25, 0.3) is 52.3 Å². The number of nitrogens with zero attached hydrogens (tertiary/aromatic N) is 13. The van der Waals surface area contributed by atoms with Crippen LogP contribution >= 0.6 is 0 Å². The van der Waals surface area contributed by atoms with Crippen molar-refractivity contribution in [2.24, 2.45) is 10.2 Å². The maximum Gasteiger partial charge on any atom is 0.341 e. The molecule has 4 atom stereocenters. The van der Waals surface area contributed by atoms with E-state index in [9.17, 15) is 93.8 Å². The van der Waals surface area contributed by atoms with E-state index in [1.54, 1.807) is 82.7 Å². The Kier molecular flexibility index (Phi) is 45.8. The molecule has 49 heteroatoms. The number of nitro groups is 4. The number of aliphatic carboxylic acids is 1. The number of carbonyl (C=O) groups is 9. The van der Waals surface area contributed by atoms with Crippen LogP contribution in [-0.4, -0.2) is 191 Å². The largest absolute Gasteiger partial charge is 0.493 e. The molecule has 49 nitrogen and oxygen atoms in total. The molecule has 0 aliphatic heterocycles. The summed E-state index contributed by atoms with van der Waals surface area (Å²) >= 11 is 0. The molecule has 131 heavy (non-hydrogen) atoms. The van der Waals surface area contributed by atoms with Gasteiger partial charge in [-0.15, -0.1) is 17.9 Å². The minimum Gasteiger partial charge on any atom is -0.493 e. The molecule has 1 heterocycles. The molecule has 8 rings (SSSR count). The number of nitro benzene ring substituents is 4. The zero-order chi connectivity index (χ0) is 98.1. The molecule has 0 saturated heterocycles. The number of amides is 5. The highest BCUT2D eigenvalue weighted by Gasteiger charge is 2.30. The van der Waals surface area contributed by atoms with Gasteiger partial charge in [0, 0.05) is 59.3 Å². The Bertz CT molecular complexity index is 5530. The summed E-state index contributed by atoms with van der Waals surface area (Å²) in [6, 6.07) is 28.4. The molecule has 0 radical (unpaired) electrons. The summed E-state index contributed by atoms with van der Waals surface area (Å²) in [4.78, 5) is 150. The highest BCUT2D eigenvalue weighted by atomic mass is 16.6. The number of carbonyl (C=O) groups excluding carboxylic acids is 7. The van der Waals surface area contributed by atoms with Crippen LogP contribution in [0.4, 0.5) is 34.1 Å². The Hall–Kier alpha value is -17.4. The number of azide groups is 2. The number of aliphatic hydroxyl groups is 2. The molecule has 9 N–H and O–H groups in total. The fourth-order valence-corrected chi connectivity index (χ4v) is 10.2. The molecule has 5 amide bonds. The third-order valence-corrected chi connectivity index (χ3v) is 16.6. The maximum absolute atomic E-state index is 12.4. The molecular formula is C82H90N18O31. The Morgan fingerprint density at radius 1 is 0.481 bits per heavy atom. The third-order valence-electron chi connectivity index (χ3n) is 16.6. The fraction of sp³-hybridized carbons (Fsp3) is 0.305. The number of ether oxygens (including phenoxy) is 10. The summed E-state index contributed by atoms with van der Waals surface area (Å²) in [5.74, 6) is -0.0582. The smallest absolute Gasteiger partial charge is 0.341 e. The van der Waals surface area contributed by atoms with E-state index in [2.05, 4.69) is 68.8 Å². The maximum atomic E-state index is 12.4. The molecule has 4 unspecified atom stereocenters. The van der Waals surface area contributed by atoms with Crippen molar-refractivity contribution in [3.05, 3.63) is 234 Å². The van der Waals surface area contributed by atoms with Crippen molar-refractivity contribution in [1.29, 1.82) is 0 Å². The molecular weight excluding hydrogens is 1730 g/mol. The van der Waals surface area contributed by atoms with Gasteiger partial charge in [0.1, 0.15) is 17.9 Å². The van der Waals surface area contributed by atoms with Crippen LogP contribution in [0.3, 0.4) is 0 Å². The van der Waals surface area contributed by atoms with Gasteiger partial charge < -0.3 is 94.4 Å². The van der Waals surface area contributed by atoms with E-state index in [0.29, 0.717) is 33.9 Å². The van der Waals surface area contributed by atoms with Crippen molar-refractivity contribution in [3.63, 3.8) is 0 Å². The van der Waals surface area contributed by atoms with Gasteiger partial charge in [-0.2, -0.15) is 0 Å². The lowest BCUT2D eigenvalue weighted by Crippen LogP contribution is -2.29. The summed E-state index contributed by atoms with van der Waals surface area (Å²) in [6.45, 7) is 7.31. The first-order valence-corrected chi connectivity index (χ1v) is 37.9. The van der Waals surface area contributed by atoms with E-state index in [1.807, 2.05) is 0 Å². The van der Waals surface area contributed by atoms with Gasteiger partial charge in [0.05, 0.1) is 144 Å². The number of aromatic nitrogens is 3. The lowest BCUT2D eigenvalue weighted by Gasteiger charge is -2.16. The molecule has 0 spiro atoms. The number of rotatable bonds is 38. The fourth-order valence-electron chi connectivity index (χ4n) is 10.2. The number of methoxy groups -OCH3 is 4. The van der Waals surface area contributed by atoms with E-state index < -0.39 is 106 Å². The number of aromatic carboxylic acids is 1. The lowest BCUT2D eigenvalue weighted by molar-refractivity contribution is -0.386. The van der Waals surface area contributed by atoms with Gasteiger partial charge in [0.15, 0.2) is 72.4 Å². The molecule has 0 fully saturated rings. The molecule has 694 valence electrons. The first kappa shape index (κ1) is 108. The first-order chi connectivity index (χ1) is 62.3. The summed E-state index contributed by atoms with van der Waals surface area (Å²) in [6.07, 6.45) is 8.05. The second-order valence-corrected chi connectivity index (χ2v) is 25.5. The molecule has 0 saturated carbocycles. The third kappa shape index (κ3) is 35.6. The first-order valence-electron chi connectivity index (χ1n) is 37.9. The second kappa shape index (κ2) is 55.7. The minimum atomic E-state index is -1.22. The number of hydrogen-bond acceptors (Lipinski definition) is 33. The Labute approximate surface area is 744 Å². The average molecular weight is 1820 g/mol. The molecule has 0 aliphatic rings. The molecule has 0 aliphatic carbocycles. The summed E-state index contributed by atoms with van der Waals surface area (Å²) in [5.41, 5.74) is 18.5. The highest BCUT2D eigenvalue weighted by Crippen LogP contribution is 2.42. The van der Waals surface area contributed by atoms with Crippen LogP contribution in [0.5, 0.6) is 46.0 Å². The number of aliphatic hydroxyl groups excluding tert-OH is 2. The van der Waals surface area contributed by atoms with Crippen molar-refractivity contribution in [1.82, 2.24) is 41.6 Å². The normalized spacial score (nSPS) is 10.8. The number of terminal acetylenes is 2. The predicted molar refractivity (Wildman–Crippen MR) is 460 cm³/mol. The Morgan fingerprint density at radius 2 is 0.794 bits per heavy atom.